The van der Waals surface area contributed by atoms with Crippen LogP contribution in [0.3, 0.4) is 0 Å². The van der Waals surface area contributed by atoms with E-state index in [0.29, 0.717) is 16.7 Å². The van der Waals surface area contributed by atoms with Gasteiger partial charge in [0.15, 0.2) is 0 Å². The van der Waals surface area contributed by atoms with Gasteiger partial charge in [0, 0.05) is 12.1 Å². The first-order valence-corrected chi connectivity index (χ1v) is 8.36. The van der Waals surface area contributed by atoms with Gasteiger partial charge in [0.2, 0.25) is 5.91 Å². The zero-order chi connectivity index (χ0) is 14.2. The number of likely N-dealkylation sites (N-methyl/N-ethyl adjacent to an activating group) is 1. The third kappa shape index (κ3) is 1.65. The molecule has 0 aromatic rings. The van der Waals surface area contributed by atoms with Crippen LogP contribution in [-0.2, 0) is 4.79 Å². The second kappa shape index (κ2) is 3.79. The van der Waals surface area contributed by atoms with Crippen LogP contribution in [0.4, 0.5) is 0 Å². The highest BCUT2D eigenvalue weighted by atomic mass is 16.2. The van der Waals surface area contributed by atoms with Gasteiger partial charge in [-0.1, -0.05) is 13.8 Å². The van der Waals surface area contributed by atoms with Gasteiger partial charge in [0.25, 0.3) is 0 Å². The Bertz CT molecular complexity index is 442. The number of rotatable bonds is 2. The van der Waals surface area contributed by atoms with E-state index in [9.17, 15) is 4.79 Å². The molecule has 3 atom stereocenters. The molecule has 0 aromatic carbocycles. The standard InChI is InChI=1S/C17H28N2O/c1-15-6-12-7-16(2,9-15)11-17(8-12,10-15)19-5-4-13(18-3)14(19)20/h12-13,18H,4-11H2,1-3H3. The second-order valence-electron chi connectivity index (χ2n) is 8.97. The Labute approximate surface area is 122 Å². The van der Waals surface area contributed by atoms with Crippen molar-refractivity contribution in [3.63, 3.8) is 0 Å². The van der Waals surface area contributed by atoms with Crippen LogP contribution in [0.25, 0.3) is 0 Å². The summed E-state index contributed by atoms with van der Waals surface area (Å²) in [7, 11) is 1.92. The smallest absolute Gasteiger partial charge is 0.240 e. The Kier molecular flexibility index (Phi) is 2.49. The van der Waals surface area contributed by atoms with Crippen LogP contribution in [0.2, 0.25) is 0 Å². The molecule has 3 heteroatoms. The number of hydrogen-bond donors (Lipinski definition) is 1. The van der Waals surface area contributed by atoms with Crippen LogP contribution in [0.1, 0.15) is 58.8 Å². The van der Waals surface area contributed by atoms with Crippen LogP contribution in [0.5, 0.6) is 0 Å². The summed E-state index contributed by atoms with van der Waals surface area (Å²) in [4.78, 5) is 15.0. The molecule has 20 heavy (non-hydrogen) atoms. The lowest BCUT2D eigenvalue weighted by atomic mass is 9.42. The molecule has 4 aliphatic carbocycles. The van der Waals surface area contributed by atoms with E-state index >= 15 is 0 Å². The fourth-order valence-electron chi connectivity index (χ4n) is 7.11. The van der Waals surface area contributed by atoms with Crippen LogP contribution in [-0.4, -0.2) is 36.0 Å². The molecular formula is C17H28N2O. The Morgan fingerprint density at radius 1 is 1.10 bits per heavy atom. The molecule has 1 N–H and O–H groups in total. The summed E-state index contributed by atoms with van der Waals surface area (Å²) in [6.45, 7) is 5.95. The summed E-state index contributed by atoms with van der Waals surface area (Å²) in [5.74, 6) is 1.24. The molecule has 3 nitrogen and oxygen atoms in total. The van der Waals surface area contributed by atoms with Crippen molar-refractivity contribution in [3.8, 4) is 0 Å². The summed E-state index contributed by atoms with van der Waals surface area (Å²) >= 11 is 0. The number of likely N-dealkylation sites (tertiary alicyclic amines) is 1. The lowest BCUT2D eigenvalue weighted by Crippen LogP contribution is -2.66. The van der Waals surface area contributed by atoms with E-state index in [1.165, 1.54) is 38.5 Å². The summed E-state index contributed by atoms with van der Waals surface area (Å²) in [5.41, 5.74) is 1.18. The van der Waals surface area contributed by atoms with Crippen molar-refractivity contribution in [2.75, 3.05) is 13.6 Å². The average molecular weight is 276 g/mol. The first-order valence-electron chi connectivity index (χ1n) is 8.36. The zero-order valence-corrected chi connectivity index (χ0v) is 13.2. The van der Waals surface area contributed by atoms with Crippen molar-refractivity contribution in [2.45, 2.75) is 70.4 Å². The first kappa shape index (κ1) is 13.1. The van der Waals surface area contributed by atoms with E-state index in [1.807, 2.05) is 7.05 Å². The molecule has 1 amide bonds. The maximum atomic E-state index is 12.7. The molecule has 0 aromatic heterocycles. The Morgan fingerprint density at radius 3 is 2.25 bits per heavy atom. The fourth-order valence-corrected chi connectivity index (χ4v) is 7.11. The lowest BCUT2D eigenvalue weighted by Gasteiger charge is -2.67. The molecule has 4 bridgehead atoms. The van der Waals surface area contributed by atoms with Gasteiger partial charge < -0.3 is 10.2 Å². The lowest BCUT2D eigenvalue weighted by molar-refractivity contribution is -0.170. The second-order valence-corrected chi connectivity index (χ2v) is 8.97. The normalized spacial score (nSPS) is 54.0. The molecule has 5 rings (SSSR count). The number of carbonyl (C=O) groups excluding carboxylic acids is 1. The van der Waals surface area contributed by atoms with Crippen molar-refractivity contribution >= 4 is 5.91 Å². The maximum absolute atomic E-state index is 12.7. The van der Waals surface area contributed by atoms with E-state index in [0.717, 1.165) is 18.9 Å². The molecule has 5 fully saturated rings. The highest BCUT2D eigenvalue weighted by Crippen LogP contribution is 2.67. The van der Waals surface area contributed by atoms with Crippen molar-refractivity contribution in [2.24, 2.45) is 16.7 Å². The highest BCUT2D eigenvalue weighted by Gasteiger charge is 2.63. The van der Waals surface area contributed by atoms with Gasteiger partial charge in [-0.25, -0.2) is 0 Å². The zero-order valence-electron chi connectivity index (χ0n) is 13.2. The molecule has 4 saturated carbocycles. The number of nitrogens with one attached hydrogen (secondary N) is 1. The van der Waals surface area contributed by atoms with E-state index in [2.05, 4.69) is 24.1 Å². The number of carbonyl (C=O) groups is 1. The maximum Gasteiger partial charge on any atom is 0.240 e. The van der Waals surface area contributed by atoms with Crippen LogP contribution < -0.4 is 5.32 Å². The Morgan fingerprint density at radius 2 is 1.75 bits per heavy atom. The Hall–Kier alpha value is -0.570. The predicted octanol–water partition coefficient (Wildman–Crippen LogP) is 2.56. The SMILES string of the molecule is CNC1CCN(C23CC4CC(C)(CC(C)(C4)C2)C3)C1=O. The Balaban J connectivity index is 1.69. The van der Waals surface area contributed by atoms with Gasteiger partial charge in [-0.3, -0.25) is 4.79 Å². The average Bonchev–Trinajstić information content (AvgIpc) is 2.66. The van der Waals surface area contributed by atoms with Gasteiger partial charge in [0.05, 0.1) is 6.04 Å². The quantitative estimate of drug-likeness (QED) is 0.840. The molecular weight excluding hydrogens is 248 g/mol. The minimum atomic E-state index is 0.0728. The number of nitrogens with zero attached hydrogens (tertiary/aromatic N) is 1. The monoisotopic (exact) mass is 276 g/mol. The van der Waals surface area contributed by atoms with Crippen molar-refractivity contribution in [3.05, 3.63) is 0 Å². The van der Waals surface area contributed by atoms with Crippen LogP contribution >= 0.6 is 0 Å². The minimum absolute atomic E-state index is 0.0728. The summed E-state index contributed by atoms with van der Waals surface area (Å²) in [6, 6.07) is 0.0728. The summed E-state index contributed by atoms with van der Waals surface area (Å²) in [5, 5.41) is 3.20. The molecule has 1 aliphatic heterocycles. The van der Waals surface area contributed by atoms with E-state index in [-0.39, 0.29) is 11.6 Å². The summed E-state index contributed by atoms with van der Waals surface area (Å²) < 4.78 is 0. The highest BCUT2D eigenvalue weighted by molar-refractivity contribution is 5.84. The molecule has 5 aliphatic rings. The van der Waals surface area contributed by atoms with Crippen LogP contribution in [0, 0.1) is 16.7 Å². The van der Waals surface area contributed by atoms with Gasteiger partial charge in [-0.2, -0.15) is 0 Å². The van der Waals surface area contributed by atoms with Gasteiger partial charge in [0.1, 0.15) is 0 Å². The molecule has 112 valence electrons. The molecule has 1 saturated heterocycles. The molecule has 1 heterocycles. The van der Waals surface area contributed by atoms with Crippen molar-refractivity contribution in [1.29, 1.82) is 0 Å². The number of amides is 1. The third-order valence-electron chi connectivity index (χ3n) is 6.72. The van der Waals surface area contributed by atoms with Crippen molar-refractivity contribution < 1.29 is 4.79 Å². The van der Waals surface area contributed by atoms with E-state index in [1.54, 1.807) is 0 Å². The molecule has 0 spiro atoms. The van der Waals surface area contributed by atoms with Gasteiger partial charge in [-0.15, -0.1) is 0 Å². The summed E-state index contributed by atoms with van der Waals surface area (Å²) in [6.07, 6.45) is 8.98. The van der Waals surface area contributed by atoms with Crippen molar-refractivity contribution in [1.82, 2.24) is 10.2 Å². The predicted molar refractivity (Wildman–Crippen MR) is 79.3 cm³/mol. The van der Waals surface area contributed by atoms with E-state index < -0.39 is 0 Å². The van der Waals surface area contributed by atoms with Crippen LogP contribution in [0.15, 0.2) is 0 Å². The first-order chi connectivity index (χ1) is 9.37. The van der Waals surface area contributed by atoms with Gasteiger partial charge in [-0.05, 0) is 68.7 Å². The minimum Gasteiger partial charge on any atom is -0.336 e. The fraction of sp³-hybridized carbons (Fsp3) is 0.941. The van der Waals surface area contributed by atoms with E-state index in [4.69, 9.17) is 0 Å². The molecule has 0 radical (unpaired) electrons. The number of hydrogen-bond acceptors (Lipinski definition) is 2. The van der Waals surface area contributed by atoms with Gasteiger partial charge >= 0.3 is 0 Å². The largest absolute Gasteiger partial charge is 0.336 e. The molecule has 3 unspecified atom stereocenters. The topological polar surface area (TPSA) is 32.3 Å². The third-order valence-corrected chi connectivity index (χ3v) is 6.72.